The fraction of sp³-hybridized carbons (Fsp3) is 0.500. The third-order valence-electron chi connectivity index (χ3n) is 3.17. The lowest BCUT2D eigenvalue weighted by Crippen LogP contribution is -2.34. The van der Waals surface area contributed by atoms with Gasteiger partial charge in [0.05, 0.1) is 10.5 Å². The first-order chi connectivity index (χ1) is 8.22. The van der Waals surface area contributed by atoms with Crippen molar-refractivity contribution >= 4 is 10.0 Å². The quantitative estimate of drug-likeness (QED) is 0.883. The normalized spacial score (nSPS) is 25.6. The van der Waals surface area contributed by atoms with Crippen molar-refractivity contribution in [2.75, 3.05) is 13.1 Å². The molecule has 0 radical (unpaired) electrons. The molecular weight excluding hydrogens is 257 g/mol. The van der Waals surface area contributed by atoms with Crippen molar-refractivity contribution in [3.63, 3.8) is 0 Å². The van der Waals surface area contributed by atoms with E-state index in [0.717, 1.165) is 6.07 Å². The topological polar surface area (TPSA) is 57.6 Å². The molecule has 1 unspecified atom stereocenters. The Balaban J connectivity index is 2.38. The summed E-state index contributed by atoms with van der Waals surface area (Å²) >= 11 is 0. The van der Waals surface area contributed by atoms with Crippen LogP contribution in [-0.4, -0.2) is 36.5 Å². The van der Waals surface area contributed by atoms with E-state index in [0.29, 0.717) is 12.0 Å². The lowest BCUT2D eigenvalue weighted by Gasteiger charge is -2.19. The van der Waals surface area contributed by atoms with Crippen LogP contribution < -0.4 is 0 Å². The Hall–Kier alpha value is -0.980. The Bertz CT molecular complexity index is 569. The molecule has 1 aliphatic rings. The maximum absolute atomic E-state index is 13.0. The van der Waals surface area contributed by atoms with Crippen LogP contribution in [0.4, 0.5) is 4.39 Å². The number of hydrogen-bond donors (Lipinski definition) is 1. The van der Waals surface area contributed by atoms with Crippen molar-refractivity contribution in [1.29, 1.82) is 0 Å². The molecule has 1 saturated heterocycles. The van der Waals surface area contributed by atoms with Gasteiger partial charge < -0.3 is 5.11 Å². The minimum atomic E-state index is -3.65. The lowest BCUT2D eigenvalue weighted by molar-refractivity contribution is 0.0762. The van der Waals surface area contributed by atoms with Crippen molar-refractivity contribution in [2.45, 2.75) is 30.8 Å². The summed E-state index contributed by atoms with van der Waals surface area (Å²) in [5.41, 5.74) is -0.609. The molecule has 6 heteroatoms. The summed E-state index contributed by atoms with van der Waals surface area (Å²) in [6.45, 7) is 3.53. The number of benzene rings is 1. The van der Waals surface area contributed by atoms with Crippen LogP contribution in [0.2, 0.25) is 0 Å². The van der Waals surface area contributed by atoms with Crippen molar-refractivity contribution in [3.8, 4) is 0 Å². The monoisotopic (exact) mass is 273 g/mol. The summed E-state index contributed by atoms with van der Waals surface area (Å²) in [6.07, 6.45) is 0.409. The molecule has 4 nitrogen and oxygen atoms in total. The number of nitrogens with zero attached hydrogens (tertiary/aromatic N) is 1. The zero-order chi connectivity index (χ0) is 13.6. The predicted molar refractivity (Wildman–Crippen MR) is 65.1 cm³/mol. The largest absolute Gasteiger partial charge is 0.389 e. The number of rotatable bonds is 2. The average Bonchev–Trinajstić information content (AvgIpc) is 2.58. The van der Waals surface area contributed by atoms with E-state index in [9.17, 15) is 17.9 Å². The molecule has 0 saturated carbocycles. The van der Waals surface area contributed by atoms with Crippen molar-refractivity contribution in [2.24, 2.45) is 0 Å². The summed E-state index contributed by atoms with van der Waals surface area (Å²) in [7, 11) is -3.65. The highest BCUT2D eigenvalue weighted by Crippen LogP contribution is 2.28. The molecule has 1 aromatic rings. The second-order valence-corrected chi connectivity index (χ2v) is 6.90. The maximum Gasteiger partial charge on any atom is 0.243 e. The van der Waals surface area contributed by atoms with E-state index in [1.54, 1.807) is 13.8 Å². The van der Waals surface area contributed by atoms with Crippen molar-refractivity contribution in [1.82, 2.24) is 4.31 Å². The molecule has 0 amide bonds. The SMILES string of the molecule is Cc1cc(F)ccc1S(=O)(=O)N1CCC(C)(O)C1. The maximum atomic E-state index is 13.0. The van der Waals surface area contributed by atoms with Gasteiger partial charge in [-0.2, -0.15) is 4.31 Å². The minimum absolute atomic E-state index is 0.0755. The van der Waals surface area contributed by atoms with E-state index >= 15 is 0 Å². The van der Waals surface area contributed by atoms with E-state index in [2.05, 4.69) is 0 Å². The summed E-state index contributed by atoms with van der Waals surface area (Å²) in [5.74, 6) is -0.458. The van der Waals surface area contributed by atoms with Crippen LogP contribution in [0, 0.1) is 12.7 Å². The summed E-state index contributed by atoms with van der Waals surface area (Å²) < 4.78 is 38.9. The number of hydrogen-bond acceptors (Lipinski definition) is 3. The summed E-state index contributed by atoms with van der Waals surface area (Å²) in [5, 5.41) is 9.82. The van der Waals surface area contributed by atoms with Crippen molar-refractivity contribution < 1.29 is 17.9 Å². The smallest absolute Gasteiger partial charge is 0.243 e. The summed E-state index contributed by atoms with van der Waals surface area (Å²) in [6, 6.07) is 3.60. The van der Waals surface area contributed by atoms with Crippen LogP contribution in [0.25, 0.3) is 0 Å². The van der Waals surface area contributed by atoms with Gasteiger partial charge in [-0.15, -0.1) is 0 Å². The van der Waals surface area contributed by atoms with Gasteiger partial charge in [-0.05, 0) is 44.0 Å². The molecule has 1 aliphatic heterocycles. The number of aliphatic hydroxyl groups is 1. The molecule has 1 heterocycles. The molecule has 0 bridgehead atoms. The fourth-order valence-corrected chi connectivity index (χ4v) is 3.91. The minimum Gasteiger partial charge on any atom is -0.389 e. The first-order valence-corrected chi connectivity index (χ1v) is 7.15. The first kappa shape index (κ1) is 13.5. The highest BCUT2D eigenvalue weighted by atomic mass is 32.2. The third-order valence-corrected chi connectivity index (χ3v) is 5.18. The van der Waals surface area contributed by atoms with Gasteiger partial charge in [-0.25, -0.2) is 12.8 Å². The molecular formula is C12H16FNO3S. The van der Waals surface area contributed by atoms with E-state index in [4.69, 9.17) is 0 Å². The molecule has 1 aromatic carbocycles. The van der Waals surface area contributed by atoms with Gasteiger partial charge >= 0.3 is 0 Å². The Labute approximate surface area is 106 Å². The number of aryl methyl sites for hydroxylation is 1. The molecule has 1 atom stereocenters. The highest BCUT2D eigenvalue weighted by molar-refractivity contribution is 7.89. The van der Waals surface area contributed by atoms with E-state index in [1.165, 1.54) is 16.4 Å². The fourth-order valence-electron chi connectivity index (χ4n) is 2.15. The Morgan fingerprint density at radius 2 is 2.11 bits per heavy atom. The molecule has 0 aromatic heterocycles. The third kappa shape index (κ3) is 2.41. The average molecular weight is 273 g/mol. The zero-order valence-electron chi connectivity index (χ0n) is 10.4. The lowest BCUT2D eigenvalue weighted by atomic mass is 10.1. The molecule has 18 heavy (non-hydrogen) atoms. The van der Waals surface area contributed by atoms with Crippen LogP contribution in [0.1, 0.15) is 18.9 Å². The number of sulfonamides is 1. The van der Waals surface area contributed by atoms with Gasteiger partial charge in [0.15, 0.2) is 0 Å². The number of halogens is 1. The Morgan fingerprint density at radius 3 is 2.61 bits per heavy atom. The van der Waals surface area contributed by atoms with Crippen LogP contribution in [0.15, 0.2) is 23.1 Å². The molecule has 1 fully saturated rings. The molecule has 100 valence electrons. The second-order valence-electron chi connectivity index (χ2n) is 5.00. The highest BCUT2D eigenvalue weighted by Gasteiger charge is 2.38. The van der Waals surface area contributed by atoms with Gasteiger partial charge in [0.2, 0.25) is 10.0 Å². The first-order valence-electron chi connectivity index (χ1n) is 5.71. The molecule has 0 spiro atoms. The van der Waals surface area contributed by atoms with E-state index in [1.807, 2.05) is 0 Å². The number of β-amino-alcohol motifs (C(OH)–C–C–N with tert-alkyl or cyclic N) is 1. The van der Waals surface area contributed by atoms with Gasteiger partial charge in [-0.1, -0.05) is 0 Å². The van der Waals surface area contributed by atoms with Gasteiger partial charge in [0.25, 0.3) is 0 Å². The molecule has 2 rings (SSSR count). The van der Waals surface area contributed by atoms with Crippen LogP contribution in [0.3, 0.4) is 0 Å². The predicted octanol–water partition coefficient (Wildman–Crippen LogP) is 1.28. The molecule has 0 aliphatic carbocycles. The zero-order valence-corrected chi connectivity index (χ0v) is 11.2. The van der Waals surface area contributed by atoms with E-state index in [-0.39, 0.29) is 18.0 Å². The van der Waals surface area contributed by atoms with Gasteiger partial charge in [0, 0.05) is 13.1 Å². The Kier molecular flexibility index (Phi) is 3.21. The van der Waals surface area contributed by atoms with Crippen LogP contribution >= 0.6 is 0 Å². The summed E-state index contributed by atoms with van der Waals surface area (Å²) in [4.78, 5) is 0.0987. The molecule has 1 N–H and O–H groups in total. The van der Waals surface area contributed by atoms with Crippen molar-refractivity contribution in [3.05, 3.63) is 29.6 Å². The van der Waals surface area contributed by atoms with Gasteiger partial charge in [0.1, 0.15) is 5.82 Å². The van der Waals surface area contributed by atoms with Crippen LogP contribution in [0.5, 0.6) is 0 Å². The van der Waals surface area contributed by atoms with Crippen LogP contribution in [-0.2, 0) is 10.0 Å². The van der Waals surface area contributed by atoms with Gasteiger partial charge in [-0.3, -0.25) is 0 Å². The standard InChI is InChI=1S/C12H16FNO3S/c1-9-7-10(13)3-4-11(9)18(16,17)14-6-5-12(2,15)8-14/h3-4,7,15H,5-6,8H2,1-2H3. The Morgan fingerprint density at radius 1 is 1.44 bits per heavy atom. The van der Waals surface area contributed by atoms with E-state index < -0.39 is 21.4 Å². The second kappa shape index (κ2) is 4.29.